The highest BCUT2D eigenvalue weighted by molar-refractivity contribution is 6.48. The maximum absolute atomic E-state index is 6.53. The minimum Gasteiger partial charge on any atom is -0.309 e. The van der Waals surface area contributed by atoms with Gasteiger partial charge in [-0.05, 0) is 38.3 Å². The Balaban J connectivity index is 2.08. The number of halogens is 2. The summed E-state index contributed by atoms with van der Waals surface area (Å²) in [7, 11) is 4.53. The van der Waals surface area contributed by atoms with E-state index in [-0.39, 0.29) is 0 Å². The van der Waals surface area contributed by atoms with Gasteiger partial charge in [-0.3, -0.25) is 0 Å². The zero-order valence-electron chi connectivity index (χ0n) is 15.9. The van der Waals surface area contributed by atoms with E-state index in [1.165, 1.54) is 49.0 Å². The fraction of sp³-hybridized carbons (Fsp3) is 0.650. The van der Waals surface area contributed by atoms with Crippen LogP contribution in [0, 0.1) is 0 Å². The van der Waals surface area contributed by atoms with Gasteiger partial charge in [0.1, 0.15) is 6.54 Å². The van der Waals surface area contributed by atoms with Crippen molar-refractivity contribution in [2.24, 2.45) is 7.05 Å². The number of H-pyrrole nitrogens is 1. The van der Waals surface area contributed by atoms with Gasteiger partial charge in [0.25, 0.3) is 0 Å². The van der Waals surface area contributed by atoms with Crippen LogP contribution in [0.5, 0.6) is 0 Å². The summed E-state index contributed by atoms with van der Waals surface area (Å²) < 4.78 is 2.52. The summed E-state index contributed by atoms with van der Waals surface area (Å²) >= 11 is 13.1. The Bertz CT molecular complexity index is 732. The number of fused-ring (bicyclic) bond motifs is 1. The number of hydrogen-bond donors (Lipinski definition) is 1. The molecule has 0 aliphatic carbocycles. The van der Waals surface area contributed by atoms with Crippen molar-refractivity contribution in [1.29, 1.82) is 0 Å². The van der Waals surface area contributed by atoms with Crippen molar-refractivity contribution in [3.05, 3.63) is 30.1 Å². The Kier molecular flexibility index (Phi) is 5.39. The van der Waals surface area contributed by atoms with E-state index in [9.17, 15) is 0 Å². The quantitative estimate of drug-likeness (QED) is 0.424. The molecule has 5 heteroatoms. The fourth-order valence-corrected chi connectivity index (χ4v) is 5.46. The molecule has 1 fully saturated rings. The molecular weight excluding hydrogens is 353 g/mol. The molecule has 3 nitrogen and oxygen atoms in total. The first-order valence-electron chi connectivity index (χ1n) is 9.45. The molecule has 2 heterocycles. The summed E-state index contributed by atoms with van der Waals surface area (Å²) in [6.07, 6.45) is 6.11. The lowest BCUT2D eigenvalue weighted by Crippen LogP contribution is -2.61. The Morgan fingerprint density at radius 2 is 2.00 bits per heavy atom. The largest absolute Gasteiger partial charge is 0.314 e. The van der Waals surface area contributed by atoms with Crippen LogP contribution in [-0.4, -0.2) is 33.4 Å². The van der Waals surface area contributed by atoms with Crippen molar-refractivity contribution in [1.82, 2.24) is 4.98 Å². The van der Waals surface area contributed by atoms with Gasteiger partial charge in [0.15, 0.2) is 21.4 Å². The summed E-state index contributed by atoms with van der Waals surface area (Å²) in [5.74, 6) is 1.29. The number of para-hydroxylation sites is 2. The molecular formula is C20H31Cl2N3+2. The molecule has 138 valence electrons. The number of aromatic amines is 1. The lowest BCUT2D eigenvalue weighted by molar-refractivity contribution is -0.975. The minimum atomic E-state index is -0.721. The first-order valence-corrected chi connectivity index (χ1v) is 10.2. The molecule has 1 saturated heterocycles. The van der Waals surface area contributed by atoms with Crippen molar-refractivity contribution in [3.8, 4) is 0 Å². The molecule has 3 rings (SSSR count). The Morgan fingerprint density at radius 3 is 2.64 bits per heavy atom. The molecule has 1 aromatic heterocycles. The monoisotopic (exact) mass is 383 g/mol. The van der Waals surface area contributed by atoms with Gasteiger partial charge >= 0.3 is 5.82 Å². The smallest absolute Gasteiger partial charge is 0.309 e. The molecule has 1 aromatic carbocycles. The number of piperidine rings is 1. The number of nitrogens with zero attached hydrogens (tertiary/aromatic N) is 2. The van der Waals surface area contributed by atoms with E-state index in [1.807, 2.05) is 6.92 Å². The van der Waals surface area contributed by atoms with Crippen molar-refractivity contribution >= 4 is 34.2 Å². The normalized spacial score (nSPS) is 27.8. The molecule has 1 aliphatic heterocycles. The molecule has 0 bridgehead atoms. The van der Waals surface area contributed by atoms with E-state index < -0.39 is 4.33 Å². The number of aromatic nitrogens is 2. The van der Waals surface area contributed by atoms with Gasteiger partial charge in [0.2, 0.25) is 0 Å². The topological polar surface area (TPSA) is 19.7 Å². The lowest BCUT2D eigenvalue weighted by Gasteiger charge is -2.50. The van der Waals surface area contributed by atoms with Gasteiger partial charge in [-0.25, -0.2) is 9.55 Å². The minimum absolute atomic E-state index is 0.388. The first-order chi connectivity index (χ1) is 11.8. The van der Waals surface area contributed by atoms with Crippen LogP contribution in [0.1, 0.15) is 57.8 Å². The van der Waals surface area contributed by atoms with Gasteiger partial charge in [0.05, 0.1) is 20.1 Å². The summed E-state index contributed by atoms with van der Waals surface area (Å²) in [4.78, 5) is 3.70. The van der Waals surface area contributed by atoms with E-state index in [4.69, 9.17) is 23.2 Å². The van der Waals surface area contributed by atoms with Gasteiger partial charge < -0.3 is 4.48 Å². The highest BCUT2D eigenvalue weighted by Gasteiger charge is 2.50. The van der Waals surface area contributed by atoms with Crippen LogP contribution in [0.3, 0.4) is 0 Å². The predicted octanol–water partition coefficient (Wildman–Crippen LogP) is 5.03. The Labute approximate surface area is 161 Å². The van der Waals surface area contributed by atoms with Crippen LogP contribution < -0.4 is 4.57 Å². The third kappa shape index (κ3) is 3.70. The van der Waals surface area contributed by atoms with Crippen LogP contribution in [-0.2, 0) is 7.05 Å². The second-order valence-electron chi connectivity index (χ2n) is 8.05. The third-order valence-corrected chi connectivity index (χ3v) is 6.25. The summed E-state index contributed by atoms with van der Waals surface area (Å²) in [5.41, 5.74) is 2.45. The fourth-order valence-electron chi connectivity index (χ4n) is 4.95. The van der Waals surface area contributed by atoms with E-state index >= 15 is 0 Å². The van der Waals surface area contributed by atoms with Crippen LogP contribution in [0.25, 0.3) is 11.0 Å². The molecule has 0 radical (unpaired) electrons. The van der Waals surface area contributed by atoms with Gasteiger partial charge in [-0.15, -0.1) is 0 Å². The van der Waals surface area contributed by atoms with Gasteiger partial charge in [-0.1, -0.05) is 48.7 Å². The van der Waals surface area contributed by atoms with Crippen LogP contribution in [0.4, 0.5) is 0 Å². The summed E-state index contributed by atoms with van der Waals surface area (Å²) in [5, 5.41) is 0. The number of aryl methyl sites for hydroxylation is 1. The standard InChI is InChI=1S/C20H30Cl2N3/c1-5-9-15-10-8-13-18(25(15,4)14-20(2,21)22)19-23-16-11-6-7-12-17(16)24(19)3/h6-7,11-12,15,18H,5,8-10,13-14H2,1-4H3/q+1/p+1. The zero-order chi connectivity index (χ0) is 18.2. The van der Waals surface area contributed by atoms with Gasteiger partial charge in [0, 0.05) is 6.42 Å². The van der Waals surface area contributed by atoms with Crippen molar-refractivity contribution < 1.29 is 9.05 Å². The third-order valence-electron chi connectivity index (χ3n) is 6.01. The molecule has 2 aromatic rings. The summed E-state index contributed by atoms with van der Waals surface area (Å²) in [6, 6.07) is 9.52. The molecule has 3 unspecified atom stereocenters. The van der Waals surface area contributed by atoms with Crippen LogP contribution in [0.2, 0.25) is 0 Å². The van der Waals surface area contributed by atoms with Gasteiger partial charge in [-0.2, -0.15) is 0 Å². The first kappa shape index (κ1) is 19.0. The molecule has 0 saturated carbocycles. The van der Waals surface area contributed by atoms with Crippen molar-refractivity contribution in [2.75, 3.05) is 13.6 Å². The molecule has 0 amide bonds. The number of rotatable bonds is 5. The number of hydrogen-bond acceptors (Lipinski definition) is 0. The second-order valence-corrected chi connectivity index (χ2v) is 9.91. The van der Waals surface area contributed by atoms with E-state index in [0.29, 0.717) is 12.1 Å². The number of nitrogens with one attached hydrogen (secondary N) is 1. The van der Waals surface area contributed by atoms with Crippen molar-refractivity contribution in [3.63, 3.8) is 0 Å². The number of imidazole rings is 1. The summed E-state index contributed by atoms with van der Waals surface area (Å²) in [6.45, 7) is 4.97. The van der Waals surface area contributed by atoms with Crippen LogP contribution >= 0.6 is 23.2 Å². The van der Waals surface area contributed by atoms with E-state index in [2.05, 4.69) is 54.8 Å². The SMILES string of the molecule is CCCC1CCCC(c2[nH]c3ccccc3[n+]2C)[N+]1(C)CC(C)(Cl)Cl. The van der Waals surface area contributed by atoms with Crippen molar-refractivity contribution in [2.45, 2.75) is 62.4 Å². The molecule has 3 atom stereocenters. The Morgan fingerprint density at radius 1 is 1.28 bits per heavy atom. The van der Waals surface area contributed by atoms with E-state index in [1.54, 1.807) is 0 Å². The number of alkyl halides is 2. The number of likely N-dealkylation sites (tertiary alicyclic amines) is 1. The molecule has 1 N–H and O–H groups in total. The zero-order valence-corrected chi connectivity index (χ0v) is 17.4. The second kappa shape index (κ2) is 7.09. The molecule has 25 heavy (non-hydrogen) atoms. The maximum Gasteiger partial charge on any atom is 0.314 e. The number of benzene rings is 1. The average molecular weight is 384 g/mol. The number of quaternary nitrogens is 1. The predicted molar refractivity (Wildman–Crippen MR) is 106 cm³/mol. The highest BCUT2D eigenvalue weighted by Crippen LogP contribution is 2.43. The lowest BCUT2D eigenvalue weighted by atomic mass is 9.89. The average Bonchev–Trinajstić information content (AvgIpc) is 2.85. The highest BCUT2D eigenvalue weighted by atomic mass is 35.5. The Hall–Kier alpha value is -0.770. The maximum atomic E-state index is 6.53. The van der Waals surface area contributed by atoms with E-state index in [0.717, 1.165) is 11.0 Å². The molecule has 0 spiro atoms. The molecule has 1 aliphatic rings. The van der Waals surface area contributed by atoms with Crippen LogP contribution in [0.15, 0.2) is 24.3 Å².